The molecule has 0 spiro atoms. The Morgan fingerprint density at radius 2 is 2.08 bits per heavy atom. The molecule has 0 aliphatic carbocycles. The molecule has 1 fully saturated rings. The number of hydrogen-bond acceptors (Lipinski definition) is 6. The minimum atomic E-state index is 0.00581. The lowest BCUT2D eigenvalue weighted by atomic mass is 10.1. The van der Waals surface area contributed by atoms with Crippen molar-refractivity contribution in [3.8, 4) is 11.6 Å². The summed E-state index contributed by atoms with van der Waals surface area (Å²) in [7, 11) is 1.87. The van der Waals surface area contributed by atoms with Gasteiger partial charge in [-0.2, -0.15) is 0 Å². The summed E-state index contributed by atoms with van der Waals surface area (Å²) in [6.45, 7) is 1.25. The van der Waals surface area contributed by atoms with Crippen LogP contribution in [0.2, 0.25) is 0 Å². The molecule has 24 heavy (non-hydrogen) atoms. The number of carbonyl (C=O) groups is 1. The smallest absolute Gasteiger partial charge is 0.265 e. The van der Waals surface area contributed by atoms with Crippen molar-refractivity contribution in [2.75, 3.05) is 13.1 Å². The molecule has 0 N–H and O–H groups in total. The minimum absolute atomic E-state index is 0.00581. The van der Waals surface area contributed by atoms with E-state index < -0.39 is 0 Å². The van der Waals surface area contributed by atoms with Crippen LogP contribution in [0.4, 0.5) is 0 Å². The largest absolute Gasteiger partial charge is 0.419 e. The van der Waals surface area contributed by atoms with Gasteiger partial charge in [0.25, 0.3) is 11.8 Å². The first-order valence-corrected chi connectivity index (χ1v) is 7.72. The van der Waals surface area contributed by atoms with Crippen LogP contribution < -0.4 is 0 Å². The van der Waals surface area contributed by atoms with Crippen molar-refractivity contribution in [2.45, 2.75) is 12.3 Å². The maximum atomic E-state index is 12.5. The molecule has 4 heterocycles. The third kappa shape index (κ3) is 2.55. The van der Waals surface area contributed by atoms with E-state index >= 15 is 0 Å². The van der Waals surface area contributed by atoms with Gasteiger partial charge >= 0.3 is 0 Å². The Bertz CT molecular complexity index is 856. The second-order valence-electron chi connectivity index (χ2n) is 5.81. The van der Waals surface area contributed by atoms with Gasteiger partial charge in [-0.1, -0.05) is 0 Å². The van der Waals surface area contributed by atoms with Gasteiger partial charge in [0.2, 0.25) is 5.89 Å². The lowest BCUT2D eigenvalue weighted by molar-refractivity contribution is 0.0790. The second-order valence-corrected chi connectivity index (χ2v) is 5.81. The number of nitrogens with zero attached hydrogens (tertiary/aromatic N) is 6. The monoisotopic (exact) mass is 324 g/mol. The van der Waals surface area contributed by atoms with Crippen LogP contribution in [0.1, 0.15) is 28.6 Å². The van der Waals surface area contributed by atoms with Crippen molar-refractivity contribution in [1.82, 2.24) is 29.6 Å². The average Bonchev–Trinajstić information content (AvgIpc) is 3.34. The maximum Gasteiger partial charge on any atom is 0.265 e. The normalized spacial score (nSPS) is 17.4. The van der Waals surface area contributed by atoms with Gasteiger partial charge < -0.3 is 13.9 Å². The summed E-state index contributed by atoms with van der Waals surface area (Å²) in [5.74, 6) is 1.08. The van der Waals surface area contributed by atoms with Gasteiger partial charge in [-0.05, 0) is 18.6 Å². The molecule has 0 aromatic carbocycles. The third-order valence-electron chi connectivity index (χ3n) is 4.23. The molecule has 1 atom stereocenters. The van der Waals surface area contributed by atoms with Crippen LogP contribution in [0.15, 0.2) is 41.5 Å². The van der Waals surface area contributed by atoms with Crippen LogP contribution in [0.25, 0.3) is 11.6 Å². The van der Waals surface area contributed by atoms with Gasteiger partial charge in [0.1, 0.15) is 5.69 Å². The Labute approximate surface area is 138 Å². The Morgan fingerprint density at radius 3 is 2.83 bits per heavy atom. The molecule has 0 unspecified atom stereocenters. The highest BCUT2D eigenvalue weighted by Gasteiger charge is 2.31. The second kappa shape index (κ2) is 5.88. The zero-order valence-electron chi connectivity index (χ0n) is 13.2. The van der Waals surface area contributed by atoms with Gasteiger partial charge in [0.05, 0.1) is 18.4 Å². The lowest BCUT2D eigenvalue weighted by Crippen LogP contribution is -2.28. The Balaban J connectivity index is 1.49. The first-order valence-electron chi connectivity index (χ1n) is 7.72. The summed E-state index contributed by atoms with van der Waals surface area (Å²) in [5, 5.41) is 8.26. The number of hydrogen-bond donors (Lipinski definition) is 0. The standard InChI is InChI=1S/C16H16N6O2/c1-21-10-18-8-13(21)15-20-19-14(24-15)12-4-7-22(9-12)16(23)11-2-5-17-6-3-11/h2-3,5-6,8,10,12H,4,7,9H2,1H3/t12-/m0/s1. The molecule has 122 valence electrons. The number of imidazole rings is 1. The highest BCUT2D eigenvalue weighted by atomic mass is 16.4. The molecule has 1 aliphatic rings. The molecule has 3 aromatic rings. The number of likely N-dealkylation sites (tertiary alicyclic amines) is 1. The van der Waals surface area contributed by atoms with Crippen molar-refractivity contribution in [2.24, 2.45) is 7.05 Å². The molecule has 8 heteroatoms. The van der Waals surface area contributed by atoms with E-state index in [1.807, 2.05) is 16.5 Å². The quantitative estimate of drug-likeness (QED) is 0.725. The SMILES string of the molecule is Cn1cncc1-c1nnc([C@H]2CCN(C(=O)c3ccncc3)C2)o1. The summed E-state index contributed by atoms with van der Waals surface area (Å²) in [4.78, 5) is 22.3. The molecule has 3 aromatic heterocycles. The summed E-state index contributed by atoms with van der Waals surface area (Å²) in [6.07, 6.45) is 7.43. The maximum absolute atomic E-state index is 12.5. The molecular weight excluding hydrogens is 308 g/mol. The highest BCUT2D eigenvalue weighted by Crippen LogP contribution is 2.29. The van der Waals surface area contributed by atoms with Crippen LogP contribution in [-0.2, 0) is 7.05 Å². The molecule has 4 rings (SSSR count). The molecule has 8 nitrogen and oxygen atoms in total. The zero-order chi connectivity index (χ0) is 16.5. The van der Waals surface area contributed by atoms with Gasteiger partial charge in [-0.25, -0.2) is 4.98 Å². The topological polar surface area (TPSA) is 89.9 Å². The molecule has 0 bridgehead atoms. The van der Waals surface area contributed by atoms with Crippen molar-refractivity contribution in [1.29, 1.82) is 0 Å². The molecule has 0 saturated carbocycles. The van der Waals surface area contributed by atoms with Crippen LogP contribution in [0, 0.1) is 0 Å². The number of carbonyl (C=O) groups excluding carboxylic acids is 1. The van der Waals surface area contributed by atoms with E-state index in [0.717, 1.165) is 12.1 Å². The molecule has 0 radical (unpaired) electrons. The number of amides is 1. The van der Waals surface area contributed by atoms with Crippen molar-refractivity contribution in [3.63, 3.8) is 0 Å². The van der Waals surface area contributed by atoms with E-state index in [-0.39, 0.29) is 11.8 Å². The summed E-state index contributed by atoms with van der Waals surface area (Å²) >= 11 is 0. The Kier molecular flexibility index (Phi) is 3.56. The Hall–Kier alpha value is -3.03. The van der Waals surface area contributed by atoms with Gasteiger partial charge in [-0.3, -0.25) is 9.78 Å². The van der Waals surface area contributed by atoms with E-state index in [4.69, 9.17) is 4.42 Å². The number of rotatable bonds is 3. The highest BCUT2D eigenvalue weighted by molar-refractivity contribution is 5.94. The summed E-state index contributed by atoms with van der Waals surface area (Å²) in [6, 6.07) is 3.45. The molecular formula is C16H16N6O2. The van der Waals surface area contributed by atoms with E-state index in [2.05, 4.69) is 20.2 Å². The molecule has 1 aliphatic heterocycles. The average molecular weight is 324 g/mol. The summed E-state index contributed by atoms with van der Waals surface area (Å²) in [5.41, 5.74) is 1.42. The van der Waals surface area contributed by atoms with Gasteiger partial charge in [-0.15, -0.1) is 10.2 Å². The molecule has 1 amide bonds. The van der Waals surface area contributed by atoms with Crippen LogP contribution in [-0.4, -0.2) is 48.6 Å². The van der Waals surface area contributed by atoms with Crippen molar-refractivity contribution in [3.05, 3.63) is 48.5 Å². The van der Waals surface area contributed by atoms with Crippen LogP contribution >= 0.6 is 0 Å². The Morgan fingerprint density at radius 1 is 1.25 bits per heavy atom. The van der Waals surface area contributed by atoms with Crippen molar-refractivity contribution >= 4 is 5.91 Å². The van der Waals surface area contributed by atoms with E-state index in [0.29, 0.717) is 30.4 Å². The fraction of sp³-hybridized carbons (Fsp3) is 0.312. The van der Waals surface area contributed by atoms with Crippen LogP contribution in [0.5, 0.6) is 0 Å². The van der Waals surface area contributed by atoms with E-state index in [9.17, 15) is 4.79 Å². The first-order chi connectivity index (χ1) is 11.7. The van der Waals surface area contributed by atoms with Crippen molar-refractivity contribution < 1.29 is 9.21 Å². The predicted octanol–water partition coefficient (Wildman–Crippen LogP) is 1.49. The minimum Gasteiger partial charge on any atom is -0.419 e. The van der Waals surface area contributed by atoms with E-state index in [1.54, 1.807) is 37.1 Å². The number of pyridine rings is 1. The zero-order valence-corrected chi connectivity index (χ0v) is 13.2. The summed E-state index contributed by atoms with van der Waals surface area (Å²) < 4.78 is 7.62. The lowest BCUT2D eigenvalue weighted by Gasteiger charge is -2.15. The van der Waals surface area contributed by atoms with E-state index in [1.165, 1.54) is 0 Å². The number of aryl methyl sites for hydroxylation is 1. The third-order valence-corrected chi connectivity index (χ3v) is 4.23. The van der Waals surface area contributed by atoms with Crippen LogP contribution in [0.3, 0.4) is 0 Å². The molecule has 1 saturated heterocycles. The van der Waals surface area contributed by atoms with Gasteiger partial charge in [0, 0.05) is 38.1 Å². The predicted molar refractivity (Wildman–Crippen MR) is 84.0 cm³/mol. The first kappa shape index (κ1) is 14.6. The van der Waals surface area contributed by atoms with Gasteiger partial charge in [0.15, 0.2) is 0 Å². The fourth-order valence-electron chi connectivity index (χ4n) is 2.89. The fourth-order valence-corrected chi connectivity index (χ4v) is 2.89. The number of aromatic nitrogens is 5.